The molecular weight excluding hydrogens is 332 g/mol. The summed E-state index contributed by atoms with van der Waals surface area (Å²) in [7, 11) is 0. The molecule has 4 heterocycles. The molecule has 3 aromatic rings. The van der Waals surface area contributed by atoms with Crippen molar-refractivity contribution in [3.63, 3.8) is 0 Å². The van der Waals surface area contributed by atoms with Crippen molar-refractivity contribution in [3.05, 3.63) is 69.0 Å². The molecule has 0 radical (unpaired) electrons. The van der Waals surface area contributed by atoms with Crippen LogP contribution in [0.3, 0.4) is 0 Å². The molecule has 3 aromatic heterocycles. The quantitative estimate of drug-likeness (QED) is 0.783. The monoisotopic (exact) mass is 352 g/mol. The average molecular weight is 352 g/mol. The van der Waals surface area contributed by atoms with Gasteiger partial charge in [-0.05, 0) is 49.5 Å². The molecule has 0 unspecified atom stereocenters. The van der Waals surface area contributed by atoms with Gasteiger partial charge >= 0.3 is 0 Å². The van der Waals surface area contributed by atoms with Gasteiger partial charge in [0.2, 0.25) is 0 Å². The van der Waals surface area contributed by atoms with Gasteiger partial charge in [0.25, 0.3) is 5.56 Å². The van der Waals surface area contributed by atoms with Crippen LogP contribution in [0.5, 0.6) is 0 Å². The molecule has 1 fully saturated rings. The summed E-state index contributed by atoms with van der Waals surface area (Å²) < 4.78 is 0. The van der Waals surface area contributed by atoms with Crippen LogP contribution in [0.15, 0.2) is 52.9 Å². The molecule has 0 amide bonds. The molecule has 5 nitrogen and oxygen atoms in total. The first-order chi connectivity index (χ1) is 12.3. The number of hydrogen-bond donors (Lipinski definition) is 1. The second kappa shape index (κ2) is 7.29. The number of nitrogens with zero attached hydrogens (tertiary/aromatic N) is 3. The standard InChI is InChI=1S/C19H20N4OS/c24-18-11-17(21-19(22-18)15-3-1-7-20-12-15)14-5-8-23(9-6-14)13-16-4-2-10-25-16/h1-4,7,10-12,14H,5-6,8-9,13H2,(H,21,22,24). The van der Waals surface area contributed by atoms with Crippen LogP contribution in [0.2, 0.25) is 0 Å². The van der Waals surface area contributed by atoms with Crippen molar-refractivity contribution in [2.45, 2.75) is 25.3 Å². The summed E-state index contributed by atoms with van der Waals surface area (Å²) in [6, 6.07) is 9.71. The Labute approximate surface area is 150 Å². The number of nitrogens with one attached hydrogen (secondary N) is 1. The largest absolute Gasteiger partial charge is 0.306 e. The molecule has 1 aliphatic heterocycles. The minimum absolute atomic E-state index is 0.0927. The number of rotatable bonds is 4. The van der Waals surface area contributed by atoms with Crippen LogP contribution in [0, 0.1) is 0 Å². The molecule has 25 heavy (non-hydrogen) atoms. The minimum Gasteiger partial charge on any atom is -0.306 e. The van der Waals surface area contributed by atoms with E-state index in [0.29, 0.717) is 11.7 Å². The second-order valence-electron chi connectivity index (χ2n) is 6.39. The lowest BCUT2D eigenvalue weighted by Gasteiger charge is -2.31. The van der Waals surface area contributed by atoms with E-state index < -0.39 is 0 Å². The lowest BCUT2D eigenvalue weighted by molar-refractivity contribution is 0.205. The van der Waals surface area contributed by atoms with Gasteiger partial charge in [0.05, 0.1) is 5.69 Å². The fourth-order valence-electron chi connectivity index (χ4n) is 3.33. The van der Waals surface area contributed by atoms with Crippen LogP contribution in [0.1, 0.15) is 29.3 Å². The van der Waals surface area contributed by atoms with Crippen LogP contribution in [-0.2, 0) is 6.54 Å². The third-order valence-electron chi connectivity index (χ3n) is 4.66. The maximum atomic E-state index is 12.1. The van der Waals surface area contributed by atoms with Crippen LogP contribution < -0.4 is 5.56 Å². The molecule has 6 heteroatoms. The van der Waals surface area contributed by atoms with Crippen LogP contribution in [-0.4, -0.2) is 32.9 Å². The summed E-state index contributed by atoms with van der Waals surface area (Å²) in [6.45, 7) is 3.10. The lowest BCUT2D eigenvalue weighted by Crippen LogP contribution is -2.32. The zero-order valence-corrected chi connectivity index (χ0v) is 14.7. The Hall–Kier alpha value is -2.31. The molecule has 0 aliphatic carbocycles. The van der Waals surface area contributed by atoms with Gasteiger partial charge in [0.1, 0.15) is 5.82 Å². The van der Waals surface area contributed by atoms with E-state index in [2.05, 4.69) is 32.4 Å². The van der Waals surface area contributed by atoms with Crippen molar-refractivity contribution in [1.29, 1.82) is 0 Å². The van der Waals surface area contributed by atoms with Crippen LogP contribution in [0.25, 0.3) is 11.4 Å². The Balaban J connectivity index is 1.48. The van der Waals surface area contributed by atoms with Gasteiger partial charge < -0.3 is 4.98 Å². The Morgan fingerprint density at radius 3 is 2.84 bits per heavy atom. The maximum Gasteiger partial charge on any atom is 0.251 e. The molecule has 0 aromatic carbocycles. The van der Waals surface area contributed by atoms with Gasteiger partial charge in [-0.15, -0.1) is 11.3 Å². The Kier molecular flexibility index (Phi) is 4.72. The van der Waals surface area contributed by atoms with Gasteiger partial charge in [0.15, 0.2) is 0 Å². The van der Waals surface area contributed by atoms with Gasteiger partial charge in [-0.2, -0.15) is 0 Å². The lowest BCUT2D eigenvalue weighted by atomic mass is 9.93. The van der Waals surface area contributed by atoms with Crippen molar-refractivity contribution in [3.8, 4) is 11.4 Å². The van der Waals surface area contributed by atoms with E-state index in [1.54, 1.807) is 18.5 Å². The SMILES string of the molecule is O=c1cc(C2CCN(Cc3cccs3)CC2)nc(-c2cccnc2)[nH]1. The first kappa shape index (κ1) is 16.2. The smallest absolute Gasteiger partial charge is 0.251 e. The molecule has 1 aliphatic rings. The summed E-state index contributed by atoms with van der Waals surface area (Å²) in [4.78, 5) is 27.6. The van der Waals surface area contributed by atoms with Crippen LogP contribution in [0.4, 0.5) is 0 Å². The fraction of sp³-hybridized carbons (Fsp3) is 0.316. The van der Waals surface area contributed by atoms with Crippen molar-refractivity contribution in [2.24, 2.45) is 0 Å². The molecule has 4 rings (SSSR count). The highest BCUT2D eigenvalue weighted by Gasteiger charge is 2.22. The summed E-state index contributed by atoms with van der Waals surface area (Å²) in [5, 5.41) is 2.13. The van der Waals surface area contributed by atoms with Crippen molar-refractivity contribution in [2.75, 3.05) is 13.1 Å². The molecule has 0 spiro atoms. The summed E-state index contributed by atoms with van der Waals surface area (Å²) >= 11 is 1.81. The molecule has 128 valence electrons. The Morgan fingerprint density at radius 1 is 1.24 bits per heavy atom. The number of piperidine rings is 1. The third kappa shape index (κ3) is 3.86. The fourth-order valence-corrected chi connectivity index (χ4v) is 4.08. The molecule has 0 saturated carbocycles. The van der Waals surface area contributed by atoms with E-state index in [9.17, 15) is 4.79 Å². The van der Waals surface area contributed by atoms with E-state index >= 15 is 0 Å². The molecular formula is C19H20N4OS. The molecule has 1 N–H and O–H groups in total. The van der Waals surface area contributed by atoms with Gasteiger partial charge in [-0.1, -0.05) is 6.07 Å². The second-order valence-corrected chi connectivity index (χ2v) is 7.42. The van der Waals surface area contributed by atoms with Crippen LogP contribution >= 0.6 is 11.3 Å². The van der Waals surface area contributed by atoms with Gasteiger partial charge in [0, 0.05) is 41.4 Å². The number of likely N-dealkylation sites (tertiary alicyclic amines) is 1. The highest BCUT2D eigenvalue weighted by Crippen LogP contribution is 2.28. The Morgan fingerprint density at radius 2 is 2.12 bits per heavy atom. The summed E-state index contributed by atoms with van der Waals surface area (Å²) in [5.41, 5.74) is 1.65. The zero-order chi connectivity index (χ0) is 17.1. The van der Waals surface area contributed by atoms with Crippen molar-refractivity contribution >= 4 is 11.3 Å². The predicted molar refractivity (Wildman–Crippen MR) is 99.7 cm³/mol. The van der Waals surface area contributed by atoms with E-state index in [-0.39, 0.29) is 5.56 Å². The van der Waals surface area contributed by atoms with Crippen molar-refractivity contribution in [1.82, 2.24) is 19.9 Å². The third-order valence-corrected chi connectivity index (χ3v) is 5.52. The predicted octanol–water partition coefficient (Wildman–Crippen LogP) is 3.27. The highest BCUT2D eigenvalue weighted by atomic mass is 32.1. The van der Waals surface area contributed by atoms with Gasteiger partial charge in [-0.25, -0.2) is 4.98 Å². The summed E-state index contributed by atoms with van der Waals surface area (Å²) in [5.74, 6) is 0.953. The average Bonchev–Trinajstić information content (AvgIpc) is 3.16. The van der Waals surface area contributed by atoms with E-state index in [0.717, 1.165) is 43.7 Å². The van der Waals surface area contributed by atoms with Gasteiger partial charge in [-0.3, -0.25) is 14.7 Å². The number of thiophene rings is 1. The zero-order valence-electron chi connectivity index (χ0n) is 13.9. The summed E-state index contributed by atoms with van der Waals surface area (Å²) in [6.07, 6.45) is 5.52. The first-order valence-electron chi connectivity index (χ1n) is 8.54. The minimum atomic E-state index is -0.0927. The number of aromatic nitrogens is 3. The maximum absolute atomic E-state index is 12.1. The number of hydrogen-bond acceptors (Lipinski definition) is 5. The number of pyridine rings is 1. The Bertz CT molecular complexity index is 868. The topological polar surface area (TPSA) is 61.9 Å². The van der Waals surface area contributed by atoms with Crippen molar-refractivity contribution < 1.29 is 0 Å². The van der Waals surface area contributed by atoms with E-state index in [4.69, 9.17) is 4.98 Å². The molecule has 0 bridgehead atoms. The normalized spacial score (nSPS) is 16.2. The van der Waals surface area contributed by atoms with E-state index in [1.165, 1.54) is 4.88 Å². The first-order valence-corrected chi connectivity index (χ1v) is 9.42. The number of aromatic amines is 1. The molecule has 0 atom stereocenters. The number of H-pyrrole nitrogens is 1. The molecule has 1 saturated heterocycles. The van der Waals surface area contributed by atoms with E-state index in [1.807, 2.05) is 23.5 Å². The highest BCUT2D eigenvalue weighted by molar-refractivity contribution is 7.09.